The summed E-state index contributed by atoms with van der Waals surface area (Å²) in [4.78, 5) is 36.9. The molecule has 0 radical (unpaired) electrons. The number of nitrogens with one attached hydrogen (secondary N) is 2. The van der Waals surface area contributed by atoms with Crippen molar-refractivity contribution >= 4 is 17.9 Å². The molecule has 2 aromatic rings. The van der Waals surface area contributed by atoms with Gasteiger partial charge in [0, 0.05) is 12.0 Å². The predicted octanol–water partition coefficient (Wildman–Crippen LogP) is 4.08. The molecular formula is C26H32FN3O4. The van der Waals surface area contributed by atoms with Crippen molar-refractivity contribution in [1.82, 2.24) is 10.6 Å². The molecular weight excluding hydrogens is 437 g/mol. The highest BCUT2D eigenvalue weighted by molar-refractivity contribution is 5.89. The van der Waals surface area contributed by atoms with Crippen molar-refractivity contribution in [3.05, 3.63) is 71.0 Å². The minimum Gasteiger partial charge on any atom is -0.445 e. The van der Waals surface area contributed by atoms with E-state index in [0.29, 0.717) is 12.0 Å². The molecule has 1 saturated carbocycles. The largest absolute Gasteiger partial charge is 0.445 e. The van der Waals surface area contributed by atoms with E-state index in [4.69, 9.17) is 10.5 Å². The van der Waals surface area contributed by atoms with Gasteiger partial charge in [-0.3, -0.25) is 9.59 Å². The van der Waals surface area contributed by atoms with Gasteiger partial charge in [0.25, 0.3) is 0 Å². The smallest absolute Gasteiger partial charge is 0.407 e. The lowest BCUT2D eigenvalue weighted by atomic mass is 9.74. The minimum atomic E-state index is -1.02. The summed E-state index contributed by atoms with van der Waals surface area (Å²) in [6, 6.07) is 12.1. The Morgan fingerprint density at radius 3 is 2.26 bits per heavy atom. The van der Waals surface area contributed by atoms with Crippen LogP contribution in [0.3, 0.4) is 0 Å². The lowest BCUT2D eigenvalue weighted by Gasteiger charge is -2.32. The van der Waals surface area contributed by atoms with Gasteiger partial charge in [0.2, 0.25) is 11.8 Å². The maximum atomic E-state index is 13.3. The number of hydrogen-bond donors (Lipinski definition) is 3. The van der Waals surface area contributed by atoms with E-state index in [9.17, 15) is 18.8 Å². The van der Waals surface area contributed by atoms with Crippen molar-refractivity contribution in [1.29, 1.82) is 0 Å². The summed E-state index contributed by atoms with van der Waals surface area (Å²) in [6.07, 6.45) is 3.01. The van der Waals surface area contributed by atoms with Gasteiger partial charge in [-0.1, -0.05) is 49.2 Å². The van der Waals surface area contributed by atoms with Crippen molar-refractivity contribution in [3.8, 4) is 0 Å². The third kappa shape index (κ3) is 6.79. The summed E-state index contributed by atoms with van der Waals surface area (Å²) in [5.74, 6) is -1.68. The number of benzene rings is 2. The first-order valence-corrected chi connectivity index (χ1v) is 11.6. The highest BCUT2D eigenvalue weighted by atomic mass is 19.1. The number of rotatable bonds is 8. The van der Waals surface area contributed by atoms with E-state index in [1.54, 1.807) is 0 Å². The molecule has 3 amide bonds. The van der Waals surface area contributed by atoms with E-state index >= 15 is 0 Å². The van der Waals surface area contributed by atoms with Crippen molar-refractivity contribution in [2.45, 2.75) is 64.1 Å². The zero-order valence-corrected chi connectivity index (χ0v) is 19.6. The Hall–Kier alpha value is -3.42. The summed E-state index contributed by atoms with van der Waals surface area (Å²) in [5, 5.41) is 5.46. The normalized spacial score (nSPS) is 18.7. The van der Waals surface area contributed by atoms with Crippen LogP contribution < -0.4 is 16.4 Å². The number of carbonyl (C=O) groups excluding carboxylic acids is 3. The summed E-state index contributed by atoms with van der Waals surface area (Å²) in [6.45, 7) is 3.88. The maximum absolute atomic E-state index is 13.3. The monoisotopic (exact) mass is 469 g/mol. The first-order valence-electron chi connectivity index (χ1n) is 11.6. The molecule has 34 heavy (non-hydrogen) atoms. The van der Waals surface area contributed by atoms with Crippen LogP contribution in [0.5, 0.6) is 0 Å². The standard InChI is InChI=1S/C26H32FN3O4/c1-16(2)29-26(33)34-15-17-7-9-18(10-8-17)21-5-3-4-6-22(21)25(32)30-23(24(28)31)19-11-13-20(27)14-12-19/h7-14,16,21-23H,3-6,15H2,1-2H3,(H2,28,31)(H,29,33)(H,30,32). The molecule has 1 fully saturated rings. The number of amides is 3. The number of carbonyl (C=O) groups is 3. The SMILES string of the molecule is CC(C)NC(=O)OCc1ccc(C2CCCCC2C(=O)NC(C(N)=O)c2ccc(F)cc2)cc1. The van der Waals surface area contributed by atoms with Gasteiger partial charge in [-0.2, -0.15) is 0 Å². The number of ether oxygens (including phenoxy) is 1. The number of primary amides is 1. The van der Waals surface area contributed by atoms with Gasteiger partial charge >= 0.3 is 6.09 Å². The molecule has 1 aliphatic carbocycles. The van der Waals surface area contributed by atoms with E-state index in [1.807, 2.05) is 38.1 Å². The molecule has 3 rings (SSSR count). The fourth-order valence-corrected chi connectivity index (χ4v) is 4.35. The Balaban J connectivity index is 1.68. The van der Waals surface area contributed by atoms with Crippen molar-refractivity contribution in [2.24, 2.45) is 11.7 Å². The molecule has 0 aromatic heterocycles. The van der Waals surface area contributed by atoms with Crippen LogP contribution in [0.1, 0.15) is 68.2 Å². The molecule has 0 bridgehead atoms. The van der Waals surface area contributed by atoms with E-state index in [2.05, 4.69) is 10.6 Å². The maximum Gasteiger partial charge on any atom is 0.407 e. The van der Waals surface area contributed by atoms with Crippen LogP contribution in [-0.2, 0) is 20.9 Å². The Labute approximate surface area is 199 Å². The van der Waals surface area contributed by atoms with Crippen molar-refractivity contribution in [2.75, 3.05) is 0 Å². The Kier molecular flexibility index (Phi) is 8.62. The van der Waals surface area contributed by atoms with Gasteiger partial charge in [-0.25, -0.2) is 9.18 Å². The van der Waals surface area contributed by atoms with Crippen LogP contribution in [0.4, 0.5) is 9.18 Å². The Bertz CT molecular complexity index is 992. The zero-order chi connectivity index (χ0) is 24.7. The van der Waals surface area contributed by atoms with Crippen LogP contribution >= 0.6 is 0 Å². The van der Waals surface area contributed by atoms with E-state index < -0.39 is 23.9 Å². The van der Waals surface area contributed by atoms with Crippen LogP contribution in [-0.4, -0.2) is 23.9 Å². The molecule has 3 unspecified atom stereocenters. The fraction of sp³-hybridized carbons (Fsp3) is 0.423. The molecule has 1 aliphatic rings. The van der Waals surface area contributed by atoms with Crippen LogP contribution in [0.25, 0.3) is 0 Å². The lowest BCUT2D eigenvalue weighted by molar-refractivity contribution is -0.131. The highest BCUT2D eigenvalue weighted by Gasteiger charge is 2.34. The summed E-state index contributed by atoms with van der Waals surface area (Å²) >= 11 is 0. The third-order valence-corrected chi connectivity index (χ3v) is 6.06. The van der Waals surface area contributed by atoms with Gasteiger partial charge in [0.15, 0.2) is 0 Å². The average molecular weight is 470 g/mol. The summed E-state index contributed by atoms with van der Waals surface area (Å²) in [7, 11) is 0. The first kappa shape index (κ1) is 25.2. The minimum absolute atomic E-state index is 0.00137. The molecule has 0 heterocycles. The molecule has 8 heteroatoms. The van der Waals surface area contributed by atoms with Gasteiger partial charge in [0.05, 0.1) is 0 Å². The summed E-state index contributed by atoms with van der Waals surface area (Å²) < 4.78 is 18.5. The first-order chi connectivity index (χ1) is 16.2. The van der Waals surface area contributed by atoms with Gasteiger partial charge in [-0.05, 0) is 61.4 Å². The molecule has 0 aliphatic heterocycles. The van der Waals surface area contributed by atoms with Gasteiger partial charge < -0.3 is 21.1 Å². The number of nitrogens with two attached hydrogens (primary N) is 1. The highest BCUT2D eigenvalue weighted by Crippen LogP contribution is 2.38. The molecule has 0 spiro atoms. The third-order valence-electron chi connectivity index (χ3n) is 6.06. The molecule has 0 saturated heterocycles. The van der Waals surface area contributed by atoms with E-state index in [1.165, 1.54) is 24.3 Å². The molecule has 3 atom stereocenters. The topological polar surface area (TPSA) is 111 Å². The van der Waals surface area contributed by atoms with E-state index in [0.717, 1.165) is 30.4 Å². The fourth-order valence-electron chi connectivity index (χ4n) is 4.35. The Morgan fingerprint density at radius 1 is 1.00 bits per heavy atom. The number of halogens is 1. The zero-order valence-electron chi connectivity index (χ0n) is 19.6. The number of alkyl carbamates (subject to hydrolysis) is 1. The second kappa shape index (κ2) is 11.6. The summed E-state index contributed by atoms with van der Waals surface area (Å²) in [5.41, 5.74) is 7.85. The molecule has 2 aromatic carbocycles. The second-order valence-electron chi connectivity index (χ2n) is 9.01. The van der Waals surface area contributed by atoms with Crippen LogP contribution in [0, 0.1) is 11.7 Å². The quantitative estimate of drug-likeness (QED) is 0.541. The second-order valence-corrected chi connectivity index (χ2v) is 9.01. The van der Waals surface area contributed by atoms with Crippen molar-refractivity contribution < 1.29 is 23.5 Å². The van der Waals surface area contributed by atoms with E-state index in [-0.39, 0.29) is 30.4 Å². The average Bonchev–Trinajstić information content (AvgIpc) is 2.81. The van der Waals surface area contributed by atoms with Crippen LogP contribution in [0.15, 0.2) is 48.5 Å². The van der Waals surface area contributed by atoms with Gasteiger partial charge in [-0.15, -0.1) is 0 Å². The van der Waals surface area contributed by atoms with Crippen molar-refractivity contribution in [3.63, 3.8) is 0 Å². The van der Waals surface area contributed by atoms with Gasteiger partial charge in [0.1, 0.15) is 18.5 Å². The number of hydrogen-bond acceptors (Lipinski definition) is 4. The Morgan fingerprint density at radius 2 is 1.65 bits per heavy atom. The molecule has 7 nitrogen and oxygen atoms in total. The lowest BCUT2D eigenvalue weighted by Crippen LogP contribution is -2.42. The predicted molar refractivity (Wildman–Crippen MR) is 126 cm³/mol. The molecule has 4 N–H and O–H groups in total. The molecule has 182 valence electrons. The van der Waals surface area contributed by atoms with Crippen LogP contribution in [0.2, 0.25) is 0 Å².